The number of thiophene rings is 1. The van der Waals surface area contributed by atoms with Gasteiger partial charge in [-0.1, -0.05) is 18.2 Å². The third-order valence-corrected chi connectivity index (χ3v) is 6.02. The maximum absolute atomic E-state index is 13.3. The van der Waals surface area contributed by atoms with Crippen LogP contribution in [0.3, 0.4) is 0 Å². The van der Waals surface area contributed by atoms with Gasteiger partial charge in [0.2, 0.25) is 0 Å². The van der Waals surface area contributed by atoms with Crippen LogP contribution in [-0.2, 0) is 0 Å². The summed E-state index contributed by atoms with van der Waals surface area (Å²) in [6.07, 6.45) is 2.40. The maximum Gasteiger partial charge on any atom is 0.268 e. The molecule has 1 aliphatic rings. The van der Waals surface area contributed by atoms with Crippen LogP contribution in [0.4, 0.5) is 5.69 Å². The zero-order valence-electron chi connectivity index (χ0n) is 14.4. The van der Waals surface area contributed by atoms with E-state index < -0.39 is 0 Å². The fourth-order valence-corrected chi connectivity index (χ4v) is 4.28. The van der Waals surface area contributed by atoms with Crippen LogP contribution in [0, 0.1) is 5.92 Å². The molecule has 0 radical (unpaired) electrons. The Balaban J connectivity index is 1.72. The minimum absolute atomic E-state index is 0.0887. The number of carbonyl (C=O) groups excluding carboxylic acids is 1. The Morgan fingerprint density at radius 2 is 1.88 bits per heavy atom. The summed E-state index contributed by atoms with van der Waals surface area (Å²) in [7, 11) is 1.65. The second kappa shape index (κ2) is 6.52. The molecular formula is C21H21NO2S. The van der Waals surface area contributed by atoms with Crippen LogP contribution in [0.5, 0.6) is 5.75 Å². The normalized spacial score (nSPS) is 15.1. The van der Waals surface area contributed by atoms with Crippen LogP contribution in [0.25, 0.3) is 10.1 Å². The SMILES string of the molecule is COc1ccc(N(C(=O)c2cc3ccccc3s2)C(C)C2CC2)cc1. The van der Waals surface area contributed by atoms with Crippen molar-refractivity contribution in [1.82, 2.24) is 0 Å². The first-order valence-corrected chi connectivity index (χ1v) is 9.45. The zero-order chi connectivity index (χ0) is 17.4. The third-order valence-electron chi connectivity index (χ3n) is 4.92. The van der Waals surface area contributed by atoms with Gasteiger partial charge in [-0.2, -0.15) is 0 Å². The van der Waals surface area contributed by atoms with E-state index >= 15 is 0 Å². The van der Waals surface area contributed by atoms with E-state index in [1.54, 1.807) is 18.4 Å². The zero-order valence-corrected chi connectivity index (χ0v) is 15.3. The van der Waals surface area contributed by atoms with Crippen molar-refractivity contribution < 1.29 is 9.53 Å². The summed E-state index contributed by atoms with van der Waals surface area (Å²) in [4.78, 5) is 16.1. The van der Waals surface area contributed by atoms with Gasteiger partial charge in [0.15, 0.2) is 0 Å². The topological polar surface area (TPSA) is 29.5 Å². The Hall–Kier alpha value is -2.33. The number of methoxy groups -OCH3 is 1. The molecule has 0 spiro atoms. The number of hydrogen-bond donors (Lipinski definition) is 0. The lowest BCUT2D eigenvalue weighted by Crippen LogP contribution is -2.39. The van der Waals surface area contributed by atoms with Gasteiger partial charge in [-0.05, 0) is 67.5 Å². The second-order valence-electron chi connectivity index (χ2n) is 6.60. The fourth-order valence-electron chi connectivity index (χ4n) is 3.28. The molecule has 0 saturated heterocycles. The molecule has 4 rings (SSSR count). The summed E-state index contributed by atoms with van der Waals surface area (Å²) in [6, 6.07) is 18.2. The number of carbonyl (C=O) groups is 1. The van der Waals surface area contributed by atoms with Gasteiger partial charge in [0.05, 0.1) is 12.0 Å². The number of hydrogen-bond acceptors (Lipinski definition) is 3. The van der Waals surface area contributed by atoms with Crippen molar-refractivity contribution in [1.29, 1.82) is 0 Å². The number of rotatable bonds is 5. The molecular weight excluding hydrogens is 330 g/mol. The summed E-state index contributed by atoms with van der Waals surface area (Å²) in [5.74, 6) is 1.49. The molecule has 1 unspecified atom stereocenters. The molecule has 3 nitrogen and oxygen atoms in total. The third kappa shape index (κ3) is 3.14. The molecule has 1 fully saturated rings. The van der Waals surface area contributed by atoms with Crippen molar-refractivity contribution in [2.45, 2.75) is 25.8 Å². The monoisotopic (exact) mass is 351 g/mol. The van der Waals surface area contributed by atoms with E-state index in [4.69, 9.17) is 4.74 Å². The van der Waals surface area contributed by atoms with Crippen LogP contribution < -0.4 is 9.64 Å². The standard InChI is InChI=1S/C21H21NO2S/c1-14(15-7-8-15)22(17-9-11-18(24-2)12-10-17)21(23)20-13-16-5-3-4-6-19(16)25-20/h3-6,9-15H,7-8H2,1-2H3. The number of nitrogens with zero attached hydrogens (tertiary/aromatic N) is 1. The number of benzene rings is 2. The van der Waals surface area contributed by atoms with Crippen molar-refractivity contribution in [3.8, 4) is 5.75 Å². The van der Waals surface area contributed by atoms with E-state index in [-0.39, 0.29) is 11.9 Å². The molecule has 128 valence electrons. The van der Waals surface area contributed by atoms with E-state index in [2.05, 4.69) is 19.1 Å². The van der Waals surface area contributed by atoms with Crippen molar-refractivity contribution in [2.24, 2.45) is 5.92 Å². The molecule has 1 aliphatic carbocycles. The van der Waals surface area contributed by atoms with Crippen LogP contribution in [0.1, 0.15) is 29.4 Å². The minimum atomic E-state index is 0.0887. The fraction of sp³-hybridized carbons (Fsp3) is 0.286. The van der Waals surface area contributed by atoms with Crippen molar-refractivity contribution >= 4 is 33.0 Å². The molecule has 3 aromatic rings. The van der Waals surface area contributed by atoms with Gasteiger partial charge in [-0.25, -0.2) is 0 Å². The molecule has 4 heteroatoms. The summed E-state index contributed by atoms with van der Waals surface area (Å²) in [5.41, 5.74) is 0.933. The molecule has 1 aromatic heterocycles. The largest absolute Gasteiger partial charge is 0.497 e. The highest BCUT2D eigenvalue weighted by Gasteiger charge is 2.36. The Morgan fingerprint density at radius 1 is 1.16 bits per heavy atom. The summed E-state index contributed by atoms with van der Waals surface area (Å²) in [5, 5.41) is 1.13. The molecule has 0 bridgehead atoms. The first kappa shape index (κ1) is 16.2. The molecule has 1 atom stereocenters. The Bertz CT molecular complexity index is 863. The first-order chi connectivity index (χ1) is 12.2. The predicted octanol–water partition coefficient (Wildman–Crippen LogP) is 5.36. The van der Waals surface area contributed by atoms with Crippen LogP contribution in [-0.4, -0.2) is 19.1 Å². The van der Waals surface area contributed by atoms with Gasteiger partial charge in [0.1, 0.15) is 5.75 Å². The number of amides is 1. The average molecular weight is 351 g/mol. The summed E-state index contributed by atoms with van der Waals surface area (Å²) >= 11 is 1.57. The first-order valence-electron chi connectivity index (χ1n) is 8.63. The molecule has 1 saturated carbocycles. The lowest BCUT2D eigenvalue weighted by Gasteiger charge is -2.29. The highest BCUT2D eigenvalue weighted by molar-refractivity contribution is 7.20. The Labute approximate surface area is 151 Å². The number of anilines is 1. The highest BCUT2D eigenvalue weighted by atomic mass is 32.1. The quantitative estimate of drug-likeness (QED) is 0.620. The van der Waals surface area contributed by atoms with Crippen LogP contribution in [0.2, 0.25) is 0 Å². The lowest BCUT2D eigenvalue weighted by atomic mass is 10.1. The molecule has 0 N–H and O–H groups in total. The van der Waals surface area contributed by atoms with E-state index in [1.165, 1.54) is 12.8 Å². The number of fused-ring (bicyclic) bond motifs is 1. The predicted molar refractivity (Wildman–Crippen MR) is 104 cm³/mol. The van der Waals surface area contributed by atoms with Crippen molar-refractivity contribution in [3.05, 3.63) is 59.5 Å². The molecule has 1 amide bonds. The Kier molecular flexibility index (Phi) is 4.22. The minimum Gasteiger partial charge on any atom is -0.497 e. The average Bonchev–Trinajstić information content (AvgIpc) is 3.40. The molecule has 1 heterocycles. The summed E-state index contributed by atoms with van der Waals surface area (Å²) < 4.78 is 6.41. The van der Waals surface area contributed by atoms with Gasteiger partial charge in [-0.15, -0.1) is 11.3 Å². The summed E-state index contributed by atoms with van der Waals surface area (Å²) in [6.45, 7) is 2.16. The van der Waals surface area contributed by atoms with Gasteiger partial charge in [0.25, 0.3) is 5.91 Å². The van der Waals surface area contributed by atoms with Gasteiger partial charge < -0.3 is 9.64 Å². The van der Waals surface area contributed by atoms with E-state index in [1.807, 2.05) is 47.4 Å². The molecule has 2 aromatic carbocycles. The van der Waals surface area contributed by atoms with Gasteiger partial charge in [-0.3, -0.25) is 4.79 Å². The van der Waals surface area contributed by atoms with Crippen LogP contribution >= 0.6 is 11.3 Å². The van der Waals surface area contributed by atoms with Gasteiger partial charge in [0, 0.05) is 16.4 Å². The number of ether oxygens (including phenoxy) is 1. The van der Waals surface area contributed by atoms with E-state index in [9.17, 15) is 4.79 Å². The van der Waals surface area contributed by atoms with E-state index in [0.29, 0.717) is 5.92 Å². The van der Waals surface area contributed by atoms with E-state index in [0.717, 1.165) is 26.4 Å². The van der Waals surface area contributed by atoms with Crippen molar-refractivity contribution in [2.75, 3.05) is 12.0 Å². The second-order valence-corrected chi connectivity index (χ2v) is 7.68. The smallest absolute Gasteiger partial charge is 0.268 e. The van der Waals surface area contributed by atoms with Crippen LogP contribution in [0.15, 0.2) is 54.6 Å². The van der Waals surface area contributed by atoms with Gasteiger partial charge >= 0.3 is 0 Å². The maximum atomic E-state index is 13.3. The molecule has 0 aliphatic heterocycles. The lowest BCUT2D eigenvalue weighted by molar-refractivity contribution is 0.0979. The molecule has 25 heavy (non-hydrogen) atoms. The van der Waals surface area contributed by atoms with Crippen molar-refractivity contribution in [3.63, 3.8) is 0 Å². The Morgan fingerprint density at radius 3 is 2.52 bits per heavy atom. The highest BCUT2D eigenvalue weighted by Crippen LogP contribution is 2.38.